The van der Waals surface area contributed by atoms with Gasteiger partial charge in [0.1, 0.15) is 16.5 Å². The quantitative estimate of drug-likeness (QED) is 0.726. The molecule has 0 radical (unpaired) electrons. The number of nitrogens with zero attached hydrogens (tertiary/aromatic N) is 6. The normalized spacial score (nSPS) is 17.6. The van der Waals surface area contributed by atoms with E-state index in [0.717, 1.165) is 40.0 Å². The SMILES string of the molecule is C[C@@H]1CCc2c(sc3nc(CSc4nnnn4C)nc(N)c23)C1. The summed E-state index contributed by atoms with van der Waals surface area (Å²) in [6.45, 7) is 2.30. The number of nitrogens with two attached hydrogens (primary N) is 1. The second kappa shape index (κ2) is 5.72. The van der Waals surface area contributed by atoms with Crippen LogP contribution in [0.1, 0.15) is 29.6 Å². The van der Waals surface area contributed by atoms with Crippen molar-refractivity contribution in [1.82, 2.24) is 30.2 Å². The number of tetrazole rings is 1. The summed E-state index contributed by atoms with van der Waals surface area (Å²) in [7, 11) is 1.81. The molecule has 2 N–H and O–H groups in total. The summed E-state index contributed by atoms with van der Waals surface area (Å²) in [6.07, 6.45) is 3.43. The third-order valence-corrected chi connectivity index (χ3v) is 6.30. The summed E-state index contributed by atoms with van der Waals surface area (Å²) in [5, 5.41) is 13.2. The summed E-state index contributed by atoms with van der Waals surface area (Å²) < 4.78 is 1.64. The van der Waals surface area contributed by atoms with Gasteiger partial charge in [-0.3, -0.25) is 0 Å². The molecule has 3 aromatic rings. The number of thioether (sulfide) groups is 1. The van der Waals surface area contributed by atoms with E-state index in [-0.39, 0.29) is 0 Å². The van der Waals surface area contributed by atoms with Gasteiger partial charge in [0.15, 0.2) is 0 Å². The van der Waals surface area contributed by atoms with E-state index in [4.69, 9.17) is 10.7 Å². The Hall–Kier alpha value is -1.74. The Morgan fingerprint density at radius 1 is 1.39 bits per heavy atom. The van der Waals surface area contributed by atoms with E-state index >= 15 is 0 Å². The van der Waals surface area contributed by atoms with Gasteiger partial charge in [-0.2, -0.15) is 0 Å². The number of hydrogen-bond acceptors (Lipinski definition) is 8. The van der Waals surface area contributed by atoms with Crippen LogP contribution in [0.25, 0.3) is 10.2 Å². The molecule has 0 saturated carbocycles. The van der Waals surface area contributed by atoms with Crippen LogP contribution in [0.5, 0.6) is 0 Å². The van der Waals surface area contributed by atoms with E-state index in [9.17, 15) is 0 Å². The monoisotopic (exact) mass is 347 g/mol. The molecular weight excluding hydrogens is 330 g/mol. The number of thiophene rings is 1. The van der Waals surface area contributed by atoms with Crippen LogP contribution in [-0.2, 0) is 25.6 Å². The number of anilines is 1. The maximum absolute atomic E-state index is 6.24. The van der Waals surface area contributed by atoms with Crippen molar-refractivity contribution in [3.63, 3.8) is 0 Å². The first-order valence-corrected chi connectivity index (χ1v) is 9.34. The molecule has 1 aliphatic rings. The van der Waals surface area contributed by atoms with Crippen LogP contribution in [0.2, 0.25) is 0 Å². The number of aromatic nitrogens is 6. The Kier molecular flexibility index (Phi) is 3.68. The van der Waals surface area contributed by atoms with E-state index in [0.29, 0.717) is 11.6 Å². The Morgan fingerprint density at radius 2 is 2.26 bits per heavy atom. The third kappa shape index (κ3) is 2.67. The third-order valence-electron chi connectivity index (χ3n) is 4.14. The zero-order valence-electron chi connectivity index (χ0n) is 13.0. The fraction of sp³-hybridized carbons (Fsp3) is 0.500. The minimum atomic E-state index is 0.604. The molecule has 0 fully saturated rings. The van der Waals surface area contributed by atoms with Gasteiger partial charge in [-0.25, -0.2) is 14.6 Å². The van der Waals surface area contributed by atoms with Crippen molar-refractivity contribution in [2.24, 2.45) is 13.0 Å². The van der Waals surface area contributed by atoms with Crippen molar-refractivity contribution in [3.8, 4) is 0 Å². The van der Waals surface area contributed by atoms with Crippen LogP contribution in [0.4, 0.5) is 5.82 Å². The standard InChI is InChI=1S/C14H17N7S2/c1-7-3-4-8-9(5-7)23-13-11(8)12(15)16-10(17-13)6-22-14-18-19-20-21(14)2/h7H,3-6H2,1-2H3,(H2,15,16,17)/t7-/m1/s1. The molecule has 23 heavy (non-hydrogen) atoms. The lowest BCUT2D eigenvalue weighted by Gasteiger charge is -2.17. The molecule has 0 amide bonds. The van der Waals surface area contributed by atoms with E-state index in [1.807, 2.05) is 7.05 Å². The fourth-order valence-corrected chi connectivity index (χ4v) is 5.07. The zero-order chi connectivity index (χ0) is 16.0. The van der Waals surface area contributed by atoms with Crippen molar-refractivity contribution in [1.29, 1.82) is 0 Å². The van der Waals surface area contributed by atoms with Crippen LogP contribution < -0.4 is 5.73 Å². The molecule has 0 saturated heterocycles. The number of fused-ring (bicyclic) bond motifs is 3. The second-order valence-electron chi connectivity index (χ2n) is 5.93. The highest BCUT2D eigenvalue weighted by Crippen LogP contribution is 2.39. The van der Waals surface area contributed by atoms with Crippen LogP contribution in [0, 0.1) is 5.92 Å². The molecule has 3 aromatic heterocycles. The molecule has 0 spiro atoms. The lowest BCUT2D eigenvalue weighted by atomic mass is 9.89. The Bertz CT molecular complexity index is 870. The largest absolute Gasteiger partial charge is 0.383 e. The summed E-state index contributed by atoms with van der Waals surface area (Å²) in [4.78, 5) is 11.7. The highest BCUT2D eigenvalue weighted by molar-refractivity contribution is 7.98. The topological polar surface area (TPSA) is 95.4 Å². The Labute approximate surface area is 141 Å². The molecule has 0 bridgehead atoms. The fourth-order valence-electron chi connectivity index (χ4n) is 2.95. The van der Waals surface area contributed by atoms with E-state index < -0.39 is 0 Å². The molecule has 1 atom stereocenters. The summed E-state index contributed by atoms with van der Waals surface area (Å²) in [5.41, 5.74) is 7.61. The Morgan fingerprint density at radius 3 is 3.04 bits per heavy atom. The molecule has 0 unspecified atom stereocenters. The van der Waals surface area contributed by atoms with Crippen LogP contribution in [-0.4, -0.2) is 30.2 Å². The van der Waals surface area contributed by atoms with E-state index in [2.05, 4.69) is 27.4 Å². The van der Waals surface area contributed by atoms with Crippen molar-refractivity contribution in [2.75, 3.05) is 5.73 Å². The molecule has 3 heterocycles. The van der Waals surface area contributed by atoms with Gasteiger partial charge >= 0.3 is 0 Å². The molecule has 120 valence electrons. The number of nitrogen functional groups attached to an aromatic ring is 1. The highest BCUT2D eigenvalue weighted by atomic mass is 32.2. The van der Waals surface area contributed by atoms with Gasteiger partial charge in [0.05, 0.1) is 11.1 Å². The molecular formula is C14H17N7S2. The number of hydrogen-bond donors (Lipinski definition) is 1. The maximum Gasteiger partial charge on any atom is 0.209 e. The van der Waals surface area contributed by atoms with Crippen molar-refractivity contribution < 1.29 is 0 Å². The van der Waals surface area contributed by atoms with E-state index in [1.54, 1.807) is 16.0 Å². The summed E-state index contributed by atoms with van der Waals surface area (Å²) >= 11 is 3.28. The van der Waals surface area contributed by atoms with Gasteiger partial charge in [-0.15, -0.1) is 16.4 Å². The number of aryl methyl sites for hydroxylation is 2. The predicted molar refractivity (Wildman–Crippen MR) is 91.4 cm³/mol. The van der Waals surface area contributed by atoms with Crippen LogP contribution >= 0.6 is 23.1 Å². The lowest BCUT2D eigenvalue weighted by Crippen LogP contribution is -2.09. The van der Waals surface area contributed by atoms with Crippen molar-refractivity contribution in [2.45, 2.75) is 37.1 Å². The maximum atomic E-state index is 6.24. The van der Waals surface area contributed by atoms with Crippen molar-refractivity contribution in [3.05, 3.63) is 16.3 Å². The van der Waals surface area contributed by atoms with Gasteiger partial charge in [-0.1, -0.05) is 18.7 Å². The van der Waals surface area contributed by atoms with Gasteiger partial charge < -0.3 is 5.73 Å². The van der Waals surface area contributed by atoms with Crippen LogP contribution in [0.3, 0.4) is 0 Å². The van der Waals surface area contributed by atoms with Gasteiger partial charge in [0.2, 0.25) is 5.16 Å². The second-order valence-corrected chi connectivity index (χ2v) is 7.96. The molecule has 1 aliphatic carbocycles. The highest BCUT2D eigenvalue weighted by Gasteiger charge is 2.23. The lowest BCUT2D eigenvalue weighted by molar-refractivity contribution is 0.509. The average molecular weight is 347 g/mol. The smallest absolute Gasteiger partial charge is 0.209 e. The van der Waals surface area contributed by atoms with E-state index in [1.165, 1.54) is 28.6 Å². The minimum Gasteiger partial charge on any atom is -0.383 e. The molecule has 0 aromatic carbocycles. The first-order valence-electron chi connectivity index (χ1n) is 7.53. The minimum absolute atomic E-state index is 0.604. The summed E-state index contributed by atoms with van der Waals surface area (Å²) in [6, 6.07) is 0. The predicted octanol–water partition coefficient (Wildman–Crippen LogP) is 2.21. The van der Waals surface area contributed by atoms with Crippen LogP contribution in [0.15, 0.2) is 5.16 Å². The average Bonchev–Trinajstić information content (AvgIpc) is 3.07. The molecule has 7 nitrogen and oxygen atoms in total. The van der Waals surface area contributed by atoms with Gasteiger partial charge in [0.25, 0.3) is 0 Å². The molecule has 0 aliphatic heterocycles. The molecule has 9 heteroatoms. The summed E-state index contributed by atoms with van der Waals surface area (Å²) in [5.74, 6) is 2.68. The molecule has 4 rings (SSSR count). The van der Waals surface area contributed by atoms with Crippen molar-refractivity contribution >= 4 is 39.1 Å². The first-order chi connectivity index (χ1) is 11.1. The number of rotatable bonds is 3. The van der Waals surface area contributed by atoms with Gasteiger partial charge in [-0.05, 0) is 41.2 Å². The Balaban J connectivity index is 1.66. The first kappa shape index (κ1) is 14.8. The zero-order valence-corrected chi connectivity index (χ0v) is 14.6. The van der Waals surface area contributed by atoms with Gasteiger partial charge in [0, 0.05) is 11.9 Å².